The van der Waals surface area contributed by atoms with Gasteiger partial charge in [-0.05, 0) is 30.7 Å². The van der Waals surface area contributed by atoms with E-state index in [2.05, 4.69) is 20.6 Å². The van der Waals surface area contributed by atoms with Crippen molar-refractivity contribution in [2.45, 2.75) is 20.4 Å². The van der Waals surface area contributed by atoms with E-state index in [1.54, 1.807) is 23.1 Å². The summed E-state index contributed by atoms with van der Waals surface area (Å²) in [5, 5.41) is 5.88. The van der Waals surface area contributed by atoms with Crippen molar-refractivity contribution in [3.63, 3.8) is 0 Å². The van der Waals surface area contributed by atoms with Crippen LogP contribution in [0.15, 0.2) is 67.0 Å². The van der Waals surface area contributed by atoms with Gasteiger partial charge >= 0.3 is 0 Å². The summed E-state index contributed by atoms with van der Waals surface area (Å²) in [4.78, 5) is 34.2. The number of hydrogen-bond acceptors (Lipinski definition) is 5. The van der Waals surface area contributed by atoms with Crippen LogP contribution in [0.4, 0.5) is 17.2 Å². The van der Waals surface area contributed by atoms with Crippen LogP contribution in [0, 0.1) is 0 Å². The van der Waals surface area contributed by atoms with Gasteiger partial charge in [0.15, 0.2) is 0 Å². The molecular formula is C22H23N5O2. The zero-order chi connectivity index (χ0) is 20.6. The van der Waals surface area contributed by atoms with Crippen LogP contribution in [0.2, 0.25) is 0 Å². The molecule has 2 amide bonds. The summed E-state index contributed by atoms with van der Waals surface area (Å²) in [7, 11) is 0. The van der Waals surface area contributed by atoms with Gasteiger partial charge in [-0.3, -0.25) is 9.59 Å². The van der Waals surface area contributed by atoms with Crippen molar-refractivity contribution in [2.24, 2.45) is 0 Å². The average molecular weight is 389 g/mol. The third kappa shape index (κ3) is 5.62. The molecule has 0 fully saturated rings. The molecule has 0 unspecified atom stereocenters. The lowest BCUT2D eigenvalue weighted by Gasteiger charge is -2.20. The Morgan fingerprint density at radius 3 is 2.45 bits per heavy atom. The lowest BCUT2D eigenvalue weighted by molar-refractivity contribution is -0.114. The molecule has 0 aliphatic carbocycles. The molecule has 0 aliphatic rings. The fraction of sp³-hybridized carbons (Fsp3) is 0.182. The van der Waals surface area contributed by atoms with Gasteiger partial charge < -0.3 is 15.5 Å². The predicted molar refractivity (Wildman–Crippen MR) is 113 cm³/mol. The highest BCUT2D eigenvalue weighted by molar-refractivity contribution is 5.93. The molecule has 0 saturated heterocycles. The Labute approximate surface area is 169 Å². The zero-order valence-corrected chi connectivity index (χ0v) is 16.4. The zero-order valence-electron chi connectivity index (χ0n) is 16.4. The van der Waals surface area contributed by atoms with E-state index in [0.717, 1.165) is 11.3 Å². The monoisotopic (exact) mass is 389 g/mol. The molecule has 0 spiro atoms. The van der Waals surface area contributed by atoms with Crippen LogP contribution in [0.1, 0.15) is 29.9 Å². The Morgan fingerprint density at radius 1 is 0.966 bits per heavy atom. The Hall–Kier alpha value is -3.74. The first-order valence-corrected chi connectivity index (χ1v) is 9.35. The van der Waals surface area contributed by atoms with E-state index in [1.165, 1.54) is 13.3 Å². The Morgan fingerprint density at radius 2 is 1.72 bits per heavy atom. The summed E-state index contributed by atoms with van der Waals surface area (Å²) < 4.78 is 0. The molecule has 0 saturated carbocycles. The van der Waals surface area contributed by atoms with E-state index >= 15 is 0 Å². The maximum absolute atomic E-state index is 12.9. The van der Waals surface area contributed by atoms with Crippen molar-refractivity contribution in [3.8, 4) is 0 Å². The maximum atomic E-state index is 12.9. The lowest BCUT2D eigenvalue weighted by atomic mass is 10.2. The van der Waals surface area contributed by atoms with E-state index in [1.807, 2.05) is 49.4 Å². The number of benzene rings is 2. The molecule has 1 aromatic heterocycles. The van der Waals surface area contributed by atoms with Crippen molar-refractivity contribution in [1.29, 1.82) is 0 Å². The van der Waals surface area contributed by atoms with Crippen molar-refractivity contribution >= 4 is 29.0 Å². The third-order valence-corrected chi connectivity index (χ3v) is 4.23. The number of aromatic nitrogens is 2. The molecule has 29 heavy (non-hydrogen) atoms. The fourth-order valence-corrected chi connectivity index (χ4v) is 2.86. The van der Waals surface area contributed by atoms with Crippen LogP contribution in [-0.2, 0) is 11.3 Å². The van der Waals surface area contributed by atoms with Crippen LogP contribution in [0.5, 0.6) is 0 Å². The normalized spacial score (nSPS) is 10.3. The van der Waals surface area contributed by atoms with Gasteiger partial charge in [0.05, 0.1) is 0 Å². The van der Waals surface area contributed by atoms with Gasteiger partial charge in [-0.15, -0.1) is 0 Å². The number of nitrogens with one attached hydrogen (secondary N) is 2. The number of amides is 2. The first kappa shape index (κ1) is 20.0. The van der Waals surface area contributed by atoms with E-state index < -0.39 is 0 Å². The summed E-state index contributed by atoms with van der Waals surface area (Å²) in [5.41, 5.74) is 2.79. The van der Waals surface area contributed by atoms with Gasteiger partial charge in [0.1, 0.15) is 17.8 Å². The second kappa shape index (κ2) is 9.45. The molecule has 3 aromatic rings. The third-order valence-electron chi connectivity index (χ3n) is 4.23. The van der Waals surface area contributed by atoms with E-state index in [9.17, 15) is 9.59 Å². The van der Waals surface area contributed by atoms with Crippen molar-refractivity contribution in [1.82, 2.24) is 14.9 Å². The van der Waals surface area contributed by atoms with Crippen LogP contribution >= 0.6 is 0 Å². The van der Waals surface area contributed by atoms with Gasteiger partial charge in [-0.25, -0.2) is 9.97 Å². The highest BCUT2D eigenvalue weighted by atomic mass is 16.2. The quantitative estimate of drug-likeness (QED) is 0.641. The van der Waals surface area contributed by atoms with Crippen LogP contribution in [-0.4, -0.2) is 33.2 Å². The molecule has 2 N–H and O–H groups in total. The Balaban J connectivity index is 1.74. The van der Waals surface area contributed by atoms with E-state index in [0.29, 0.717) is 30.3 Å². The van der Waals surface area contributed by atoms with Crippen molar-refractivity contribution < 1.29 is 9.59 Å². The number of nitrogens with zero attached hydrogens (tertiary/aromatic N) is 3. The minimum Gasteiger partial charge on any atom is -0.340 e. The minimum atomic E-state index is -0.159. The average Bonchev–Trinajstić information content (AvgIpc) is 2.72. The molecule has 7 heteroatoms. The first-order chi connectivity index (χ1) is 14.0. The van der Waals surface area contributed by atoms with Gasteiger partial charge in [0, 0.05) is 37.5 Å². The molecule has 2 aromatic carbocycles. The predicted octanol–water partition coefficient (Wildman–Crippen LogP) is 3.84. The van der Waals surface area contributed by atoms with Crippen molar-refractivity contribution in [2.75, 3.05) is 17.2 Å². The van der Waals surface area contributed by atoms with Gasteiger partial charge in [0.25, 0.3) is 5.91 Å². The summed E-state index contributed by atoms with van der Waals surface area (Å²) >= 11 is 0. The van der Waals surface area contributed by atoms with Gasteiger partial charge in [-0.1, -0.05) is 36.4 Å². The SMILES string of the molecule is CCN(Cc1ccccc1)C(=O)c1cc(Nc2cccc(NC(C)=O)c2)ncn1. The van der Waals surface area contributed by atoms with E-state index in [4.69, 9.17) is 0 Å². The molecular weight excluding hydrogens is 366 g/mol. The topological polar surface area (TPSA) is 87.2 Å². The molecule has 0 aliphatic heterocycles. The maximum Gasteiger partial charge on any atom is 0.272 e. The number of carbonyl (C=O) groups excluding carboxylic acids is 2. The van der Waals surface area contributed by atoms with Crippen LogP contribution < -0.4 is 10.6 Å². The molecule has 3 rings (SSSR count). The number of rotatable bonds is 7. The number of carbonyl (C=O) groups is 2. The minimum absolute atomic E-state index is 0.143. The Bertz CT molecular complexity index is 991. The van der Waals surface area contributed by atoms with Gasteiger partial charge in [-0.2, -0.15) is 0 Å². The molecule has 7 nitrogen and oxygen atoms in total. The van der Waals surface area contributed by atoms with E-state index in [-0.39, 0.29) is 11.8 Å². The van der Waals surface area contributed by atoms with Crippen LogP contribution in [0.25, 0.3) is 0 Å². The van der Waals surface area contributed by atoms with Crippen molar-refractivity contribution in [3.05, 3.63) is 78.2 Å². The Kier molecular flexibility index (Phi) is 6.52. The molecule has 1 heterocycles. The van der Waals surface area contributed by atoms with Gasteiger partial charge in [0.2, 0.25) is 5.91 Å². The molecule has 0 bridgehead atoms. The largest absolute Gasteiger partial charge is 0.340 e. The summed E-state index contributed by atoms with van der Waals surface area (Å²) in [6.45, 7) is 4.48. The highest BCUT2D eigenvalue weighted by Crippen LogP contribution is 2.19. The van der Waals surface area contributed by atoms with Crippen LogP contribution in [0.3, 0.4) is 0 Å². The summed E-state index contributed by atoms with van der Waals surface area (Å²) in [6.07, 6.45) is 1.36. The second-order valence-electron chi connectivity index (χ2n) is 6.48. The summed E-state index contributed by atoms with van der Waals surface area (Å²) in [6, 6.07) is 18.7. The number of hydrogen-bond donors (Lipinski definition) is 2. The molecule has 0 radical (unpaired) electrons. The highest BCUT2D eigenvalue weighted by Gasteiger charge is 2.17. The molecule has 0 atom stereocenters. The summed E-state index contributed by atoms with van der Waals surface area (Å²) in [5.74, 6) is 0.197. The fourth-order valence-electron chi connectivity index (χ4n) is 2.86. The molecule has 148 valence electrons. The smallest absolute Gasteiger partial charge is 0.272 e. The standard InChI is InChI=1S/C22H23N5O2/c1-3-27(14-17-8-5-4-6-9-17)22(29)20-13-21(24-15-23-20)26-19-11-7-10-18(12-19)25-16(2)28/h4-13,15H,3,14H2,1-2H3,(H,25,28)(H,23,24,26). The lowest BCUT2D eigenvalue weighted by Crippen LogP contribution is -2.31. The second-order valence-corrected chi connectivity index (χ2v) is 6.48. The number of anilines is 3. The first-order valence-electron chi connectivity index (χ1n) is 9.35.